The summed E-state index contributed by atoms with van der Waals surface area (Å²) in [6.07, 6.45) is 1.19. The van der Waals surface area contributed by atoms with Crippen molar-refractivity contribution < 1.29 is 9.53 Å². The minimum absolute atomic E-state index is 0.140. The van der Waals surface area contributed by atoms with Crippen molar-refractivity contribution in [3.05, 3.63) is 29.1 Å². The zero-order valence-electron chi connectivity index (χ0n) is 14.6. The third-order valence-corrected chi connectivity index (χ3v) is 5.28. The molecule has 0 saturated carbocycles. The predicted octanol–water partition coefficient (Wildman–Crippen LogP) is 1.88. The molecule has 3 rings (SSSR count). The Morgan fingerprint density at radius 2 is 2.00 bits per heavy atom. The number of carbonyl (C=O) groups excluding carboxylic acids is 1. The van der Waals surface area contributed by atoms with Crippen LogP contribution in [0.15, 0.2) is 12.1 Å². The Labute approximate surface area is 138 Å². The average Bonchev–Trinajstić information content (AvgIpc) is 2.96. The Bertz CT molecular complexity index is 569. The number of fused-ring (bicyclic) bond motifs is 1. The quantitative estimate of drug-likeness (QED) is 0.854. The second-order valence-electron chi connectivity index (χ2n) is 6.78. The molecule has 23 heavy (non-hydrogen) atoms. The van der Waals surface area contributed by atoms with E-state index < -0.39 is 0 Å². The van der Waals surface area contributed by atoms with Crippen molar-refractivity contribution in [1.82, 2.24) is 14.8 Å². The first-order chi connectivity index (χ1) is 11.0. The summed E-state index contributed by atoms with van der Waals surface area (Å²) < 4.78 is 5.70. The van der Waals surface area contributed by atoms with Crippen LogP contribution in [0.4, 0.5) is 0 Å². The lowest BCUT2D eigenvalue weighted by Gasteiger charge is -2.41. The Morgan fingerprint density at radius 1 is 1.30 bits per heavy atom. The summed E-state index contributed by atoms with van der Waals surface area (Å²) in [6, 6.07) is 4.06. The molecule has 3 heterocycles. The molecular weight excluding hydrogens is 290 g/mol. The van der Waals surface area contributed by atoms with E-state index in [0.29, 0.717) is 5.92 Å². The van der Waals surface area contributed by atoms with Crippen LogP contribution in [0.3, 0.4) is 0 Å². The van der Waals surface area contributed by atoms with Gasteiger partial charge in [-0.1, -0.05) is 6.92 Å². The smallest absolute Gasteiger partial charge is 0.254 e. The van der Waals surface area contributed by atoms with Gasteiger partial charge in [0.05, 0.1) is 12.1 Å². The molecule has 126 valence electrons. The Hall–Kier alpha value is -1.46. The summed E-state index contributed by atoms with van der Waals surface area (Å²) in [6.45, 7) is 9.85. The van der Waals surface area contributed by atoms with Gasteiger partial charge in [-0.05, 0) is 38.9 Å². The third kappa shape index (κ3) is 3.12. The fourth-order valence-electron chi connectivity index (χ4n) is 4.16. The summed E-state index contributed by atoms with van der Waals surface area (Å²) in [4.78, 5) is 22.0. The summed E-state index contributed by atoms with van der Waals surface area (Å²) in [5.74, 6) is 0.558. The van der Waals surface area contributed by atoms with E-state index in [9.17, 15) is 4.79 Å². The number of pyridine rings is 1. The van der Waals surface area contributed by atoms with E-state index in [0.717, 1.165) is 49.6 Å². The first kappa shape index (κ1) is 16.4. The van der Waals surface area contributed by atoms with Crippen molar-refractivity contribution in [2.75, 3.05) is 33.3 Å². The maximum absolute atomic E-state index is 13.1. The van der Waals surface area contributed by atoms with E-state index in [1.165, 1.54) is 0 Å². The number of methoxy groups -OCH3 is 1. The van der Waals surface area contributed by atoms with Crippen molar-refractivity contribution in [2.45, 2.75) is 39.3 Å². The highest BCUT2D eigenvalue weighted by molar-refractivity contribution is 5.94. The molecule has 0 unspecified atom stereocenters. The molecule has 2 aliphatic rings. The highest BCUT2D eigenvalue weighted by Crippen LogP contribution is 2.33. The lowest BCUT2D eigenvalue weighted by molar-refractivity contribution is -0.0156. The number of rotatable bonds is 3. The number of amides is 1. The molecule has 3 atom stereocenters. The highest BCUT2D eigenvalue weighted by Gasteiger charge is 2.45. The number of piperidine rings is 1. The molecule has 5 nitrogen and oxygen atoms in total. The minimum atomic E-state index is 0.140. The fraction of sp³-hybridized carbons (Fsp3) is 0.667. The number of likely N-dealkylation sites (N-methyl/N-ethyl adjacent to an activating group) is 1. The lowest BCUT2D eigenvalue weighted by atomic mass is 9.88. The molecule has 0 spiro atoms. The number of nitrogens with zero attached hydrogens (tertiary/aromatic N) is 3. The van der Waals surface area contributed by atoms with Crippen molar-refractivity contribution in [3.8, 4) is 0 Å². The van der Waals surface area contributed by atoms with Crippen molar-refractivity contribution >= 4 is 5.91 Å². The SMILES string of the molecule is CCN1C[C@@H]2[C@@H](OC)CCN(C(=O)c3cc(C)nc(C)c3)[C@@H]2C1. The van der Waals surface area contributed by atoms with Crippen LogP contribution in [0, 0.1) is 19.8 Å². The summed E-state index contributed by atoms with van der Waals surface area (Å²) >= 11 is 0. The molecule has 0 aromatic carbocycles. The molecule has 0 bridgehead atoms. The van der Waals surface area contributed by atoms with E-state index in [4.69, 9.17) is 4.74 Å². The van der Waals surface area contributed by atoms with Crippen LogP contribution in [-0.4, -0.2) is 66.1 Å². The molecule has 2 saturated heterocycles. The Balaban J connectivity index is 1.85. The van der Waals surface area contributed by atoms with Gasteiger partial charge < -0.3 is 14.5 Å². The van der Waals surface area contributed by atoms with E-state index in [2.05, 4.69) is 21.7 Å². The van der Waals surface area contributed by atoms with Gasteiger partial charge in [0, 0.05) is 49.6 Å². The van der Waals surface area contributed by atoms with Crippen molar-refractivity contribution in [3.63, 3.8) is 0 Å². The molecule has 0 N–H and O–H groups in total. The van der Waals surface area contributed by atoms with Gasteiger partial charge >= 0.3 is 0 Å². The maximum atomic E-state index is 13.1. The molecule has 1 aromatic rings. The summed E-state index contributed by atoms with van der Waals surface area (Å²) in [5, 5.41) is 0. The van der Waals surface area contributed by atoms with E-state index in [1.807, 2.05) is 26.0 Å². The first-order valence-corrected chi connectivity index (χ1v) is 8.55. The topological polar surface area (TPSA) is 45.7 Å². The first-order valence-electron chi connectivity index (χ1n) is 8.55. The van der Waals surface area contributed by atoms with E-state index in [-0.39, 0.29) is 18.1 Å². The maximum Gasteiger partial charge on any atom is 0.254 e. The monoisotopic (exact) mass is 317 g/mol. The van der Waals surface area contributed by atoms with Gasteiger partial charge in [-0.25, -0.2) is 0 Å². The molecule has 2 fully saturated rings. The fourth-order valence-corrected chi connectivity index (χ4v) is 4.16. The van der Waals surface area contributed by atoms with Crippen LogP contribution in [0.25, 0.3) is 0 Å². The number of aryl methyl sites for hydroxylation is 2. The largest absolute Gasteiger partial charge is 0.381 e. The van der Waals surface area contributed by atoms with E-state index >= 15 is 0 Å². The highest BCUT2D eigenvalue weighted by atomic mass is 16.5. The van der Waals surface area contributed by atoms with Crippen LogP contribution in [0.1, 0.15) is 35.1 Å². The molecule has 1 aromatic heterocycles. The van der Waals surface area contributed by atoms with Gasteiger partial charge in [0.2, 0.25) is 0 Å². The average molecular weight is 317 g/mol. The molecule has 1 amide bonds. The van der Waals surface area contributed by atoms with Crippen molar-refractivity contribution in [2.24, 2.45) is 5.92 Å². The van der Waals surface area contributed by atoms with Gasteiger partial charge in [-0.2, -0.15) is 0 Å². The molecule has 0 radical (unpaired) electrons. The summed E-state index contributed by atoms with van der Waals surface area (Å²) in [7, 11) is 1.80. The van der Waals surface area contributed by atoms with Gasteiger partial charge in [0.1, 0.15) is 0 Å². The van der Waals surface area contributed by atoms with Crippen LogP contribution < -0.4 is 0 Å². The Kier molecular flexibility index (Phi) is 4.69. The van der Waals surface area contributed by atoms with Gasteiger partial charge in [-0.3, -0.25) is 9.78 Å². The number of ether oxygens (including phenoxy) is 1. The van der Waals surface area contributed by atoms with Crippen LogP contribution in [-0.2, 0) is 4.74 Å². The van der Waals surface area contributed by atoms with E-state index in [1.54, 1.807) is 7.11 Å². The number of carbonyl (C=O) groups is 1. The molecular formula is C18H27N3O2. The third-order valence-electron chi connectivity index (χ3n) is 5.28. The number of likely N-dealkylation sites (tertiary alicyclic amines) is 2. The zero-order valence-corrected chi connectivity index (χ0v) is 14.6. The number of aromatic nitrogens is 1. The van der Waals surface area contributed by atoms with Crippen LogP contribution in [0.5, 0.6) is 0 Å². The molecule has 2 aliphatic heterocycles. The lowest BCUT2D eigenvalue weighted by Crippen LogP contribution is -2.53. The summed E-state index contributed by atoms with van der Waals surface area (Å²) in [5.41, 5.74) is 2.57. The van der Waals surface area contributed by atoms with Crippen molar-refractivity contribution in [1.29, 1.82) is 0 Å². The van der Waals surface area contributed by atoms with Gasteiger partial charge in [-0.15, -0.1) is 0 Å². The zero-order chi connectivity index (χ0) is 16.6. The standard InChI is InChI=1S/C18H27N3O2/c1-5-20-10-15-16(11-20)21(7-6-17(15)23-4)18(22)14-8-12(2)19-13(3)9-14/h8-9,15-17H,5-7,10-11H2,1-4H3/t15-,16+,17-/m0/s1. The second-order valence-corrected chi connectivity index (χ2v) is 6.78. The van der Waals surface area contributed by atoms with Gasteiger partial charge in [0.15, 0.2) is 0 Å². The number of hydrogen-bond donors (Lipinski definition) is 0. The Morgan fingerprint density at radius 3 is 2.61 bits per heavy atom. The predicted molar refractivity (Wildman–Crippen MR) is 89.6 cm³/mol. The van der Waals surface area contributed by atoms with Crippen LogP contribution >= 0.6 is 0 Å². The normalized spacial score (nSPS) is 28.0. The van der Waals surface area contributed by atoms with Gasteiger partial charge in [0.25, 0.3) is 5.91 Å². The molecule has 0 aliphatic carbocycles. The number of hydrogen-bond acceptors (Lipinski definition) is 4. The minimum Gasteiger partial charge on any atom is -0.381 e. The molecule has 5 heteroatoms. The second kappa shape index (κ2) is 6.57. The van der Waals surface area contributed by atoms with Crippen LogP contribution in [0.2, 0.25) is 0 Å².